The number of benzene rings is 2. The van der Waals surface area contributed by atoms with Crippen LogP contribution in [-0.4, -0.2) is 15.7 Å². The van der Waals surface area contributed by atoms with E-state index in [1.807, 2.05) is 0 Å². The van der Waals surface area contributed by atoms with E-state index >= 15 is 0 Å². The normalized spacial score (nSPS) is 12.1. The van der Waals surface area contributed by atoms with Crippen molar-refractivity contribution in [2.45, 2.75) is 5.75 Å². The highest BCUT2D eigenvalue weighted by Gasteiger charge is 2.11. The summed E-state index contributed by atoms with van der Waals surface area (Å²) in [6.07, 6.45) is 0. The molecule has 0 heterocycles. The van der Waals surface area contributed by atoms with Gasteiger partial charge in [0.15, 0.2) is 5.78 Å². The van der Waals surface area contributed by atoms with E-state index in [1.54, 1.807) is 24.3 Å². The Labute approximate surface area is 124 Å². The fourth-order valence-corrected chi connectivity index (χ4v) is 2.96. The number of hydrogen-bond acceptors (Lipinski definition) is 2. The van der Waals surface area contributed by atoms with Crippen LogP contribution in [0.25, 0.3) is 0 Å². The Kier molecular flexibility index (Phi) is 5.04. The second kappa shape index (κ2) is 6.77. The molecule has 0 aliphatic carbocycles. The summed E-state index contributed by atoms with van der Waals surface area (Å²) in [6, 6.07) is 12.4. The molecule has 2 aromatic carbocycles. The second-order valence-electron chi connectivity index (χ2n) is 4.29. The Bertz CT molecular complexity index is 641. The summed E-state index contributed by atoms with van der Waals surface area (Å²) >= 11 is 5.76. The van der Waals surface area contributed by atoms with Gasteiger partial charge in [0.25, 0.3) is 0 Å². The highest BCUT2D eigenvalue weighted by Crippen LogP contribution is 2.12. The number of ketones is 1. The van der Waals surface area contributed by atoms with Crippen LogP contribution in [0, 0.1) is 5.82 Å². The highest BCUT2D eigenvalue weighted by atomic mass is 35.5. The molecule has 2 rings (SSSR count). The van der Waals surface area contributed by atoms with Crippen molar-refractivity contribution in [3.63, 3.8) is 0 Å². The van der Waals surface area contributed by atoms with Crippen LogP contribution in [0.4, 0.5) is 4.39 Å². The lowest BCUT2D eigenvalue weighted by Crippen LogP contribution is -2.12. The number of rotatable bonds is 5. The molecule has 1 unspecified atom stereocenters. The molecule has 0 fully saturated rings. The van der Waals surface area contributed by atoms with Gasteiger partial charge in [-0.2, -0.15) is 0 Å². The third-order valence-corrected chi connectivity index (χ3v) is 4.17. The second-order valence-corrected chi connectivity index (χ2v) is 6.18. The highest BCUT2D eigenvalue weighted by molar-refractivity contribution is 7.85. The quantitative estimate of drug-likeness (QED) is 0.791. The molecule has 0 amide bonds. The van der Waals surface area contributed by atoms with Crippen molar-refractivity contribution in [3.05, 3.63) is 70.5 Å². The first-order chi connectivity index (χ1) is 9.54. The van der Waals surface area contributed by atoms with Gasteiger partial charge in [-0.15, -0.1) is 0 Å². The monoisotopic (exact) mass is 310 g/mol. The third kappa shape index (κ3) is 4.25. The molecule has 0 radical (unpaired) electrons. The van der Waals surface area contributed by atoms with Crippen molar-refractivity contribution >= 4 is 28.2 Å². The molecule has 2 aromatic rings. The van der Waals surface area contributed by atoms with E-state index in [2.05, 4.69) is 0 Å². The molecule has 20 heavy (non-hydrogen) atoms. The number of hydrogen-bond donors (Lipinski definition) is 0. The Morgan fingerprint density at radius 2 is 1.85 bits per heavy atom. The first-order valence-electron chi connectivity index (χ1n) is 5.93. The van der Waals surface area contributed by atoms with Gasteiger partial charge in [-0.3, -0.25) is 9.00 Å². The summed E-state index contributed by atoms with van der Waals surface area (Å²) in [5.41, 5.74) is 1.09. The van der Waals surface area contributed by atoms with Crippen LogP contribution in [-0.2, 0) is 16.6 Å². The van der Waals surface area contributed by atoms with Gasteiger partial charge in [0, 0.05) is 27.1 Å². The maximum Gasteiger partial charge on any atom is 0.175 e. The largest absolute Gasteiger partial charge is 0.293 e. The van der Waals surface area contributed by atoms with E-state index in [-0.39, 0.29) is 22.9 Å². The summed E-state index contributed by atoms with van der Waals surface area (Å²) in [6.45, 7) is 0. The molecule has 0 spiro atoms. The van der Waals surface area contributed by atoms with Crippen LogP contribution < -0.4 is 0 Å². The van der Waals surface area contributed by atoms with Crippen LogP contribution in [0.3, 0.4) is 0 Å². The minimum atomic E-state index is -1.33. The molecular weight excluding hydrogens is 299 g/mol. The van der Waals surface area contributed by atoms with E-state index in [0.717, 1.165) is 11.6 Å². The van der Waals surface area contributed by atoms with Crippen LogP contribution in [0.5, 0.6) is 0 Å². The predicted molar refractivity (Wildman–Crippen MR) is 78.9 cm³/mol. The van der Waals surface area contributed by atoms with Gasteiger partial charge >= 0.3 is 0 Å². The van der Waals surface area contributed by atoms with E-state index < -0.39 is 16.6 Å². The fraction of sp³-hybridized carbons (Fsp3) is 0.133. The molecule has 5 heteroatoms. The van der Waals surface area contributed by atoms with E-state index in [4.69, 9.17) is 11.6 Å². The zero-order valence-corrected chi connectivity index (χ0v) is 12.1. The summed E-state index contributed by atoms with van der Waals surface area (Å²) in [5.74, 6) is -0.638. The molecule has 0 aliphatic heterocycles. The first kappa shape index (κ1) is 14.9. The lowest BCUT2D eigenvalue weighted by atomic mass is 10.1. The van der Waals surface area contributed by atoms with Gasteiger partial charge in [0.1, 0.15) is 5.82 Å². The van der Waals surface area contributed by atoms with Crippen LogP contribution >= 0.6 is 11.6 Å². The lowest BCUT2D eigenvalue weighted by molar-refractivity contribution is 0.102. The Morgan fingerprint density at radius 3 is 2.50 bits per heavy atom. The van der Waals surface area contributed by atoms with Gasteiger partial charge in [-0.05, 0) is 29.8 Å². The molecular formula is C15H12ClFO2S. The SMILES string of the molecule is O=C(CS(=O)Cc1ccc(Cl)cc1)c1cccc(F)c1. The molecule has 0 bridgehead atoms. The topological polar surface area (TPSA) is 34.1 Å². The Hall–Kier alpha value is -1.52. The van der Waals surface area contributed by atoms with Gasteiger partial charge in [0.2, 0.25) is 0 Å². The summed E-state index contributed by atoms with van der Waals surface area (Å²) in [4.78, 5) is 11.9. The standard InChI is InChI=1S/C15H12ClFO2S/c16-13-6-4-11(5-7-13)9-20(19)10-15(18)12-2-1-3-14(17)8-12/h1-8H,9-10H2. The third-order valence-electron chi connectivity index (χ3n) is 2.68. The summed E-state index contributed by atoms with van der Waals surface area (Å²) in [5, 5.41) is 0.607. The smallest absolute Gasteiger partial charge is 0.175 e. The number of Topliss-reactive ketones (excluding diaryl/α,β-unsaturated/α-hetero) is 1. The van der Waals surface area contributed by atoms with Crippen LogP contribution in [0.15, 0.2) is 48.5 Å². The average molecular weight is 311 g/mol. The van der Waals surface area contributed by atoms with E-state index in [0.29, 0.717) is 5.02 Å². The number of halogens is 2. The maximum absolute atomic E-state index is 13.0. The zero-order valence-electron chi connectivity index (χ0n) is 10.5. The fourth-order valence-electron chi connectivity index (χ4n) is 1.71. The lowest BCUT2D eigenvalue weighted by Gasteiger charge is -2.03. The first-order valence-corrected chi connectivity index (χ1v) is 7.79. The van der Waals surface area contributed by atoms with Crippen LogP contribution in [0.1, 0.15) is 15.9 Å². The number of carbonyl (C=O) groups is 1. The molecule has 1 atom stereocenters. The van der Waals surface area contributed by atoms with E-state index in [1.165, 1.54) is 18.2 Å². The molecule has 0 aromatic heterocycles. The zero-order chi connectivity index (χ0) is 14.5. The average Bonchev–Trinajstić information content (AvgIpc) is 2.41. The molecule has 0 saturated carbocycles. The minimum absolute atomic E-state index is 0.119. The molecule has 0 N–H and O–H groups in total. The van der Waals surface area contributed by atoms with Gasteiger partial charge < -0.3 is 0 Å². The Morgan fingerprint density at radius 1 is 1.15 bits per heavy atom. The van der Waals surface area contributed by atoms with Gasteiger partial charge in [-0.1, -0.05) is 35.9 Å². The molecule has 0 aliphatic rings. The van der Waals surface area contributed by atoms with E-state index in [9.17, 15) is 13.4 Å². The maximum atomic E-state index is 13.0. The van der Waals surface area contributed by atoms with Crippen molar-refractivity contribution < 1.29 is 13.4 Å². The van der Waals surface area contributed by atoms with Gasteiger partial charge in [-0.25, -0.2) is 4.39 Å². The van der Waals surface area contributed by atoms with Crippen molar-refractivity contribution in [2.75, 3.05) is 5.75 Å². The van der Waals surface area contributed by atoms with Crippen molar-refractivity contribution in [3.8, 4) is 0 Å². The van der Waals surface area contributed by atoms with Crippen LogP contribution in [0.2, 0.25) is 5.02 Å². The summed E-state index contributed by atoms with van der Waals surface area (Å²) in [7, 11) is -1.33. The van der Waals surface area contributed by atoms with Crippen molar-refractivity contribution in [1.82, 2.24) is 0 Å². The molecule has 0 saturated heterocycles. The molecule has 104 valence electrons. The van der Waals surface area contributed by atoms with Crippen molar-refractivity contribution in [2.24, 2.45) is 0 Å². The summed E-state index contributed by atoms with van der Waals surface area (Å²) < 4.78 is 24.9. The minimum Gasteiger partial charge on any atom is -0.293 e. The molecule has 2 nitrogen and oxygen atoms in total. The van der Waals surface area contributed by atoms with Crippen molar-refractivity contribution in [1.29, 1.82) is 0 Å². The Balaban J connectivity index is 1.97. The number of carbonyl (C=O) groups excluding carboxylic acids is 1. The predicted octanol–water partition coefficient (Wildman–Crippen LogP) is 3.61. The van der Waals surface area contributed by atoms with Gasteiger partial charge in [0.05, 0.1) is 5.75 Å².